The van der Waals surface area contributed by atoms with Crippen molar-refractivity contribution < 1.29 is 13.2 Å². The number of rotatable bonds is 6. The van der Waals surface area contributed by atoms with E-state index in [0.29, 0.717) is 17.7 Å². The third-order valence-corrected chi connectivity index (χ3v) is 4.57. The van der Waals surface area contributed by atoms with E-state index in [4.69, 9.17) is 10.5 Å². The Kier molecular flexibility index (Phi) is 4.82. The van der Waals surface area contributed by atoms with Crippen molar-refractivity contribution in [3.05, 3.63) is 36.4 Å². The molecule has 3 N–H and O–H groups in total. The molecule has 0 saturated heterocycles. The molecule has 0 heterocycles. The van der Waals surface area contributed by atoms with Crippen molar-refractivity contribution in [1.82, 2.24) is 4.72 Å². The van der Waals surface area contributed by atoms with Crippen LogP contribution < -0.4 is 10.5 Å². The molecule has 5 nitrogen and oxygen atoms in total. The molecule has 0 atom stereocenters. The van der Waals surface area contributed by atoms with Crippen molar-refractivity contribution >= 4 is 26.5 Å². The maximum absolute atomic E-state index is 12.4. The third-order valence-electron chi connectivity index (χ3n) is 3.05. The molecule has 0 saturated carbocycles. The summed E-state index contributed by atoms with van der Waals surface area (Å²) in [6.45, 7) is 4.38. The summed E-state index contributed by atoms with van der Waals surface area (Å²) < 4.78 is 32.7. The van der Waals surface area contributed by atoms with Gasteiger partial charge in [-0.3, -0.25) is 0 Å². The molecule has 0 amide bonds. The zero-order valence-corrected chi connectivity index (χ0v) is 13.0. The molecule has 0 fully saturated rings. The molecule has 114 valence electrons. The number of benzene rings is 2. The van der Waals surface area contributed by atoms with Gasteiger partial charge in [-0.15, -0.1) is 0 Å². The molecule has 0 unspecified atom stereocenters. The minimum atomic E-state index is -3.59. The van der Waals surface area contributed by atoms with Gasteiger partial charge >= 0.3 is 0 Å². The lowest BCUT2D eigenvalue weighted by atomic mass is 10.1. The van der Waals surface area contributed by atoms with Gasteiger partial charge in [-0.25, -0.2) is 13.1 Å². The van der Waals surface area contributed by atoms with E-state index in [2.05, 4.69) is 4.72 Å². The summed E-state index contributed by atoms with van der Waals surface area (Å²) in [6, 6.07) is 10.3. The highest BCUT2D eigenvalue weighted by atomic mass is 32.2. The highest BCUT2D eigenvalue weighted by Crippen LogP contribution is 2.27. The average Bonchev–Trinajstić information content (AvgIpc) is 2.44. The zero-order chi connectivity index (χ0) is 15.5. The SMILES string of the molecule is CC(C)OCCNS(=O)(=O)c1ccc(N)c2ccccc12. The van der Waals surface area contributed by atoms with Crippen molar-refractivity contribution in [2.45, 2.75) is 24.8 Å². The Morgan fingerprint density at radius 3 is 2.48 bits per heavy atom. The number of nitrogen functional groups attached to an aromatic ring is 1. The van der Waals surface area contributed by atoms with Crippen LogP contribution in [0.15, 0.2) is 41.3 Å². The van der Waals surface area contributed by atoms with E-state index < -0.39 is 10.0 Å². The summed E-state index contributed by atoms with van der Waals surface area (Å²) >= 11 is 0. The fourth-order valence-corrected chi connectivity index (χ4v) is 3.30. The van der Waals surface area contributed by atoms with Crippen LogP contribution in [0, 0.1) is 0 Å². The van der Waals surface area contributed by atoms with E-state index in [0.717, 1.165) is 5.39 Å². The van der Waals surface area contributed by atoms with Gasteiger partial charge in [0.15, 0.2) is 0 Å². The van der Waals surface area contributed by atoms with Gasteiger partial charge in [0, 0.05) is 23.0 Å². The van der Waals surface area contributed by atoms with Crippen molar-refractivity contribution in [3.63, 3.8) is 0 Å². The Morgan fingerprint density at radius 1 is 1.14 bits per heavy atom. The molecule has 0 aliphatic rings. The lowest BCUT2D eigenvalue weighted by molar-refractivity contribution is 0.0834. The predicted molar refractivity (Wildman–Crippen MR) is 84.6 cm³/mol. The first-order valence-corrected chi connectivity index (χ1v) is 8.28. The van der Waals surface area contributed by atoms with Crippen LogP contribution >= 0.6 is 0 Å². The summed E-state index contributed by atoms with van der Waals surface area (Å²) in [4.78, 5) is 0.233. The summed E-state index contributed by atoms with van der Waals surface area (Å²) in [5, 5.41) is 1.36. The number of fused-ring (bicyclic) bond motifs is 1. The topological polar surface area (TPSA) is 81.4 Å². The molecule has 0 aliphatic heterocycles. The second-order valence-electron chi connectivity index (χ2n) is 5.02. The fourth-order valence-electron chi connectivity index (χ4n) is 2.08. The molecular weight excluding hydrogens is 288 g/mol. The van der Waals surface area contributed by atoms with Gasteiger partial charge in [0.25, 0.3) is 0 Å². The molecule has 0 aliphatic carbocycles. The summed E-state index contributed by atoms with van der Waals surface area (Å²) in [7, 11) is -3.59. The van der Waals surface area contributed by atoms with Gasteiger partial charge in [0.1, 0.15) is 0 Å². The van der Waals surface area contributed by atoms with Crippen molar-refractivity contribution in [3.8, 4) is 0 Å². The maximum atomic E-state index is 12.4. The van der Waals surface area contributed by atoms with E-state index in [1.165, 1.54) is 6.07 Å². The Balaban J connectivity index is 2.26. The summed E-state index contributed by atoms with van der Waals surface area (Å²) in [5.41, 5.74) is 6.45. The maximum Gasteiger partial charge on any atom is 0.241 e. The molecule has 2 rings (SSSR count). The molecule has 21 heavy (non-hydrogen) atoms. The quantitative estimate of drug-likeness (QED) is 0.632. The number of hydrogen-bond acceptors (Lipinski definition) is 4. The summed E-state index contributed by atoms with van der Waals surface area (Å²) in [6.07, 6.45) is 0.0758. The molecular formula is C15H20N2O3S. The highest BCUT2D eigenvalue weighted by Gasteiger charge is 2.17. The zero-order valence-electron chi connectivity index (χ0n) is 12.2. The first-order chi connectivity index (χ1) is 9.92. The van der Waals surface area contributed by atoms with E-state index in [1.54, 1.807) is 18.2 Å². The molecule has 2 aromatic carbocycles. The van der Waals surface area contributed by atoms with Crippen LogP contribution in [0.3, 0.4) is 0 Å². The van der Waals surface area contributed by atoms with Gasteiger partial charge in [-0.05, 0) is 26.0 Å². The van der Waals surface area contributed by atoms with Gasteiger partial charge in [-0.2, -0.15) is 0 Å². The van der Waals surface area contributed by atoms with Crippen molar-refractivity contribution in [2.24, 2.45) is 0 Å². The molecule has 0 radical (unpaired) electrons. The first-order valence-electron chi connectivity index (χ1n) is 6.80. The van der Waals surface area contributed by atoms with Crippen LogP contribution in [0.5, 0.6) is 0 Å². The predicted octanol–water partition coefficient (Wildman–Crippen LogP) is 2.13. The van der Waals surface area contributed by atoms with Crippen LogP contribution in [0.1, 0.15) is 13.8 Å². The Hall–Kier alpha value is -1.63. The van der Waals surface area contributed by atoms with Gasteiger partial charge in [-0.1, -0.05) is 24.3 Å². The van der Waals surface area contributed by atoms with Crippen LogP contribution in [-0.4, -0.2) is 27.7 Å². The molecule has 2 aromatic rings. The molecule has 6 heteroatoms. The Bertz CT molecular complexity index is 727. The number of hydrogen-bond donors (Lipinski definition) is 2. The van der Waals surface area contributed by atoms with Crippen LogP contribution in [0.2, 0.25) is 0 Å². The minimum absolute atomic E-state index is 0.0758. The van der Waals surface area contributed by atoms with Crippen molar-refractivity contribution in [1.29, 1.82) is 0 Å². The highest BCUT2D eigenvalue weighted by molar-refractivity contribution is 7.89. The third kappa shape index (κ3) is 3.72. The number of sulfonamides is 1. The largest absolute Gasteiger partial charge is 0.398 e. The van der Waals surface area contributed by atoms with E-state index in [1.807, 2.05) is 26.0 Å². The smallest absolute Gasteiger partial charge is 0.241 e. The number of anilines is 1. The van der Waals surface area contributed by atoms with E-state index >= 15 is 0 Å². The Morgan fingerprint density at radius 2 is 1.81 bits per heavy atom. The fraction of sp³-hybridized carbons (Fsp3) is 0.333. The van der Waals surface area contributed by atoms with Crippen LogP contribution in [0.25, 0.3) is 10.8 Å². The van der Waals surface area contributed by atoms with Crippen LogP contribution in [-0.2, 0) is 14.8 Å². The molecule has 0 bridgehead atoms. The van der Waals surface area contributed by atoms with Crippen LogP contribution in [0.4, 0.5) is 5.69 Å². The number of ether oxygens (including phenoxy) is 1. The van der Waals surface area contributed by atoms with Gasteiger partial charge in [0.05, 0.1) is 17.6 Å². The second-order valence-corrected chi connectivity index (χ2v) is 6.75. The Labute approximate surface area is 125 Å². The average molecular weight is 308 g/mol. The molecule has 0 aromatic heterocycles. The number of nitrogens with one attached hydrogen (secondary N) is 1. The lowest BCUT2D eigenvalue weighted by Gasteiger charge is -2.12. The summed E-state index contributed by atoms with van der Waals surface area (Å²) in [5.74, 6) is 0. The molecule has 0 spiro atoms. The van der Waals surface area contributed by atoms with E-state index in [9.17, 15) is 8.42 Å². The number of nitrogens with two attached hydrogens (primary N) is 1. The van der Waals surface area contributed by atoms with Gasteiger partial charge < -0.3 is 10.5 Å². The lowest BCUT2D eigenvalue weighted by Crippen LogP contribution is -2.28. The normalized spacial score (nSPS) is 12.1. The standard InChI is InChI=1S/C15H20N2O3S/c1-11(2)20-10-9-17-21(18,19)15-8-7-14(16)12-5-3-4-6-13(12)15/h3-8,11,17H,9-10,16H2,1-2H3. The van der Waals surface area contributed by atoms with E-state index in [-0.39, 0.29) is 17.5 Å². The second kappa shape index (κ2) is 6.43. The van der Waals surface area contributed by atoms with Gasteiger partial charge in [0.2, 0.25) is 10.0 Å². The monoisotopic (exact) mass is 308 g/mol. The minimum Gasteiger partial charge on any atom is -0.398 e. The first kappa shape index (κ1) is 15.8. The van der Waals surface area contributed by atoms with Crippen molar-refractivity contribution in [2.75, 3.05) is 18.9 Å².